The van der Waals surface area contributed by atoms with E-state index >= 15 is 0 Å². The predicted octanol–water partition coefficient (Wildman–Crippen LogP) is 3.74. The van der Waals surface area contributed by atoms with Crippen molar-refractivity contribution in [3.8, 4) is 0 Å². The lowest BCUT2D eigenvalue weighted by atomic mass is 9.87. The van der Waals surface area contributed by atoms with Crippen LogP contribution in [0.3, 0.4) is 0 Å². The lowest BCUT2D eigenvalue weighted by Crippen LogP contribution is -2.45. The van der Waals surface area contributed by atoms with Crippen molar-refractivity contribution < 1.29 is 4.79 Å². The van der Waals surface area contributed by atoms with Crippen molar-refractivity contribution in [3.63, 3.8) is 0 Å². The molecule has 0 radical (unpaired) electrons. The average molecular weight is 500 g/mol. The van der Waals surface area contributed by atoms with E-state index in [0.717, 1.165) is 47.8 Å². The summed E-state index contributed by atoms with van der Waals surface area (Å²) in [6.45, 7) is 2.66. The highest BCUT2D eigenvalue weighted by Gasteiger charge is 2.28. The summed E-state index contributed by atoms with van der Waals surface area (Å²) in [5, 5.41) is 0. The van der Waals surface area contributed by atoms with Crippen LogP contribution in [-0.4, -0.2) is 36.5 Å². The Hall–Kier alpha value is -3.94. The monoisotopic (exact) mass is 499 g/mol. The summed E-state index contributed by atoms with van der Waals surface area (Å²) in [4.78, 5) is 47.0. The fourth-order valence-electron chi connectivity index (χ4n) is 5.34. The van der Waals surface area contributed by atoms with Crippen molar-refractivity contribution in [2.45, 2.75) is 64.7 Å². The van der Waals surface area contributed by atoms with Gasteiger partial charge < -0.3 is 9.47 Å². The Labute approximate surface area is 215 Å². The number of hydrogen-bond acceptors (Lipinski definition) is 4. The number of carbonyl (C=O) groups excluding carboxylic acids is 1. The third-order valence-corrected chi connectivity index (χ3v) is 7.41. The highest BCUT2D eigenvalue weighted by Crippen LogP contribution is 2.33. The molecule has 1 amide bonds. The first-order valence-electron chi connectivity index (χ1n) is 13.1. The minimum atomic E-state index is -0.520. The third-order valence-electron chi connectivity index (χ3n) is 7.41. The lowest BCUT2D eigenvalue weighted by Gasteiger charge is -2.33. The van der Waals surface area contributed by atoms with E-state index in [-0.39, 0.29) is 25.0 Å². The van der Waals surface area contributed by atoms with Crippen LogP contribution in [0.2, 0.25) is 0 Å². The first-order chi connectivity index (χ1) is 18.0. The largest absolute Gasteiger partial charge is 0.337 e. The average Bonchev–Trinajstić information content (AvgIpc) is 3.36. The fourth-order valence-corrected chi connectivity index (χ4v) is 5.34. The van der Waals surface area contributed by atoms with Gasteiger partial charge in [0.25, 0.3) is 5.56 Å². The van der Waals surface area contributed by atoms with Crippen molar-refractivity contribution in [2.75, 3.05) is 7.05 Å². The number of benzene rings is 2. The molecule has 1 atom stereocenters. The molecule has 0 fully saturated rings. The second kappa shape index (κ2) is 10.6. The van der Waals surface area contributed by atoms with Crippen molar-refractivity contribution in [2.24, 2.45) is 0 Å². The van der Waals surface area contributed by atoms with E-state index in [4.69, 9.17) is 0 Å². The second-order valence-corrected chi connectivity index (χ2v) is 9.82. The molecule has 0 bridgehead atoms. The molecule has 0 aliphatic heterocycles. The van der Waals surface area contributed by atoms with E-state index in [2.05, 4.69) is 24.0 Å². The van der Waals surface area contributed by atoms with Crippen molar-refractivity contribution in [1.82, 2.24) is 23.6 Å². The van der Waals surface area contributed by atoms with Gasteiger partial charge in [0.05, 0.1) is 18.9 Å². The molecule has 5 rings (SSSR count). The fraction of sp³-hybridized carbons (Fsp3) is 0.379. The van der Waals surface area contributed by atoms with E-state index < -0.39 is 11.2 Å². The Kier molecular flexibility index (Phi) is 7.08. The highest BCUT2D eigenvalue weighted by atomic mass is 16.2. The summed E-state index contributed by atoms with van der Waals surface area (Å²) < 4.78 is 4.41. The number of nitrogens with zero attached hydrogens (tertiary/aromatic N) is 5. The van der Waals surface area contributed by atoms with Gasteiger partial charge in [-0.05, 0) is 42.4 Å². The number of fused-ring (bicyclic) bond motifs is 2. The quantitative estimate of drug-likeness (QED) is 0.370. The first kappa shape index (κ1) is 24.7. The van der Waals surface area contributed by atoms with Crippen molar-refractivity contribution in [3.05, 3.63) is 98.5 Å². The molecular weight excluding hydrogens is 466 g/mol. The topological polar surface area (TPSA) is 82.1 Å². The Morgan fingerprint density at radius 3 is 2.59 bits per heavy atom. The molecule has 0 saturated heterocycles. The van der Waals surface area contributed by atoms with Crippen molar-refractivity contribution >= 4 is 17.1 Å². The number of amides is 1. The van der Waals surface area contributed by atoms with Gasteiger partial charge in [-0.3, -0.25) is 14.2 Å². The zero-order valence-corrected chi connectivity index (χ0v) is 21.5. The normalized spacial score (nSPS) is 15.0. The summed E-state index contributed by atoms with van der Waals surface area (Å²) in [5.41, 5.74) is 3.04. The van der Waals surface area contributed by atoms with Gasteiger partial charge >= 0.3 is 5.69 Å². The molecule has 0 unspecified atom stereocenters. The summed E-state index contributed by atoms with van der Waals surface area (Å²) >= 11 is 0. The maximum absolute atomic E-state index is 13.7. The second-order valence-electron chi connectivity index (χ2n) is 9.82. The van der Waals surface area contributed by atoms with Gasteiger partial charge in [0.2, 0.25) is 5.91 Å². The first-order valence-corrected chi connectivity index (χ1v) is 13.1. The number of aromatic nitrogens is 4. The van der Waals surface area contributed by atoms with Gasteiger partial charge in [-0.25, -0.2) is 14.3 Å². The van der Waals surface area contributed by atoms with Crippen LogP contribution in [0.4, 0.5) is 0 Å². The third kappa shape index (κ3) is 4.75. The molecule has 2 aromatic carbocycles. The van der Waals surface area contributed by atoms with E-state index in [1.165, 1.54) is 10.1 Å². The van der Waals surface area contributed by atoms with Crippen LogP contribution in [0.5, 0.6) is 0 Å². The molecule has 1 aliphatic carbocycles. The Morgan fingerprint density at radius 1 is 1.05 bits per heavy atom. The zero-order valence-electron chi connectivity index (χ0n) is 21.5. The highest BCUT2D eigenvalue weighted by molar-refractivity contribution is 5.77. The molecule has 2 heterocycles. The van der Waals surface area contributed by atoms with Gasteiger partial charge in [-0.15, -0.1) is 0 Å². The number of hydrogen-bond donors (Lipinski definition) is 0. The van der Waals surface area contributed by atoms with E-state index in [9.17, 15) is 14.4 Å². The Morgan fingerprint density at radius 2 is 1.81 bits per heavy atom. The van der Waals surface area contributed by atoms with Crippen LogP contribution in [0.25, 0.3) is 11.2 Å². The number of likely N-dealkylation sites (N-methyl/N-ethyl adjacent to an activating group) is 1. The maximum atomic E-state index is 13.7. The van der Waals surface area contributed by atoms with Crippen LogP contribution < -0.4 is 11.2 Å². The minimum Gasteiger partial charge on any atom is -0.337 e. The Balaban J connectivity index is 1.55. The number of aryl methyl sites for hydroxylation is 2. The summed E-state index contributed by atoms with van der Waals surface area (Å²) in [5.74, 6) is -0.258. The minimum absolute atomic E-state index is 0.0708. The number of unbranched alkanes of at least 4 members (excludes halogenated alkanes) is 1. The SMILES string of the molecule is CCCCn1cnc2c1c(=O)n(CC(=O)N(C)[C@H]1CCCc3ccccc31)c(=O)n2Cc1ccccc1. The Bertz CT molecular complexity index is 1530. The molecule has 192 valence electrons. The number of imidazole rings is 1. The summed E-state index contributed by atoms with van der Waals surface area (Å²) in [7, 11) is 1.77. The standard InChI is InChI=1S/C29H33N5O3/c1-3-4-17-32-20-30-27-26(32)28(36)34(29(37)33(27)18-21-11-6-5-7-12-21)19-25(35)31(2)24-16-10-14-22-13-8-9-15-23(22)24/h5-9,11-13,15,20,24H,3-4,10,14,16-19H2,1-2H3/t24-/m0/s1. The summed E-state index contributed by atoms with van der Waals surface area (Å²) in [6, 6.07) is 17.7. The molecule has 0 N–H and O–H groups in total. The van der Waals surface area contributed by atoms with Crippen LogP contribution in [0.15, 0.2) is 70.5 Å². The molecule has 2 aromatic heterocycles. The molecule has 4 aromatic rings. The predicted molar refractivity (Wildman–Crippen MR) is 144 cm³/mol. The molecule has 0 saturated carbocycles. The van der Waals surface area contributed by atoms with Crippen LogP contribution in [0, 0.1) is 0 Å². The van der Waals surface area contributed by atoms with Gasteiger partial charge in [0.15, 0.2) is 11.2 Å². The van der Waals surface area contributed by atoms with Crippen LogP contribution in [0.1, 0.15) is 55.3 Å². The van der Waals surface area contributed by atoms with Crippen LogP contribution in [-0.2, 0) is 30.8 Å². The maximum Gasteiger partial charge on any atom is 0.333 e. The molecule has 0 spiro atoms. The number of carbonyl (C=O) groups is 1. The van der Waals surface area contributed by atoms with E-state index in [1.54, 1.807) is 18.3 Å². The van der Waals surface area contributed by atoms with Gasteiger partial charge in [0.1, 0.15) is 6.54 Å². The summed E-state index contributed by atoms with van der Waals surface area (Å²) in [6.07, 6.45) is 6.31. The molecule has 37 heavy (non-hydrogen) atoms. The van der Waals surface area contributed by atoms with E-state index in [0.29, 0.717) is 17.7 Å². The lowest BCUT2D eigenvalue weighted by molar-refractivity contribution is -0.133. The van der Waals surface area contributed by atoms with E-state index in [1.807, 2.05) is 47.0 Å². The van der Waals surface area contributed by atoms with Gasteiger partial charge in [0, 0.05) is 13.6 Å². The molecule has 8 heteroatoms. The number of rotatable bonds is 8. The molecule has 8 nitrogen and oxygen atoms in total. The molecule has 1 aliphatic rings. The smallest absolute Gasteiger partial charge is 0.333 e. The van der Waals surface area contributed by atoms with Gasteiger partial charge in [-0.1, -0.05) is 67.9 Å². The van der Waals surface area contributed by atoms with Crippen molar-refractivity contribution in [1.29, 1.82) is 0 Å². The van der Waals surface area contributed by atoms with Crippen LogP contribution >= 0.6 is 0 Å². The zero-order chi connectivity index (χ0) is 25.9. The van der Waals surface area contributed by atoms with Gasteiger partial charge in [-0.2, -0.15) is 0 Å². The molecular formula is C29H33N5O3.